The highest BCUT2D eigenvalue weighted by Crippen LogP contribution is 2.48. The number of nitrogens with zero attached hydrogens (tertiary/aromatic N) is 1. The van der Waals surface area contributed by atoms with Crippen molar-refractivity contribution in [3.05, 3.63) is 57.3 Å². The van der Waals surface area contributed by atoms with Crippen LogP contribution in [0.4, 0.5) is 0 Å². The zero-order valence-corrected chi connectivity index (χ0v) is 14.5. The Balaban J connectivity index is 2.05. The molecule has 0 amide bonds. The molecule has 0 aromatic heterocycles. The minimum atomic E-state index is -0.269. The number of nitriles is 1. The molecule has 3 rings (SSSR count). The number of Topliss-reactive ketones (excluding diaryl/α,β-unsaturated/α-hetero) is 1. The zero-order chi connectivity index (χ0) is 17.3. The highest BCUT2D eigenvalue weighted by Gasteiger charge is 2.34. The van der Waals surface area contributed by atoms with E-state index in [9.17, 15) is 4.79 Å². The van der Waals surface area contributed by atoms with E-state index in [1.54, 1.807) is 36.4 Å². The Labute approximate surface area is 147 Å². The van der Waals surface area contributed by atoms with Crippen LogP contribution in [0.15, 0.2) is 40.6 Å². The zero-order valence-electron chi connectivity index (χ0n) is 12.9. The monoisotopic (exact) mass is 385 g/mol. The van der Waals surface area contributed by atoms with Crippen molar-refractivity contribution in [2.24, 2.45) is 0 Å². The first-order chi connectivity index (χ1) is 11.6. The Morgan fingerprint density at radius 3 is 2.42 bits per heavy atom. The van der Waals surface area contributed by atoms with Crippen LogP contribution in [-0.2, 0) is 0 Å². The summed E-state index contributed by atoms with van der Waals surface area (Å²) in [7, 11) is 3.01. The minimum Gasteiger partial charge on any atom is -0.496 e. The lowest BCUT2D eigenvalue weighted by Crippen LogP contribution is -2.00. The molecule has 0 radical (unpaired) electrons. The van der Waals surface area contributed by atoms with Gasteiger partial charge in [-0.05, 0) is 39.7 Å². The van der Waals surface area contributed by atoms with Crippen molar-refractivity contribution in [1.82, 2.24) is 0 Å². The van der Waals surface area contributed by atoms with Gasteiger partial charge in [0.2, 0.25) is 5.78 Å². The number of benzene rings is 2. The average molecular weight is 386 g/mol. The van der Waals surface area contributed by atoms with Gasteiger partial charge in [-0.1, -0.05) is 12.1 Å². The first-order valence-electron chi connectivity index (χ1n) is 6.98. The molecule has 2 aromatic rings. The molecule has 6 heteroatoms. The Kier molecular flexibility index (Phi) is 4.28. The first-order valence-corrected chi connectivity index (χ1v) is 7.77. The SMILES string of the molecule is COc1cc(OC)c2c(c1Br)OC(=Cc1ccc(C#N)cc1)C2=O. The number of rotatable bonds is 3. The van der Waals surface area contributed by atoms with E-state index in [2.05, 4.69) is 22.0 Å². The normalized spacial score (nSPS) is 14.1. The lowest BCUT2D eigenvalue weighted by atomic mass is 10.1. The molecule has 0 N–H and O–H groups in total. The highest BCUT2D eigenvalue weighted by atomic mass is 79.9. The standard InChI is InChI=1S/C18H12BrNO4/c1-22-12-8-13(23-2)16(19)18-15(12)17(21)14(24-18)7-10-3-5-11(9-20)6-4-10/h3-8H,1-2H3. The van der Waals surface area contributed by atoms with Crippen molar-refractivity contribution < 1.29 is 19.0 Å². The third-order valence-electron chi connectivity index (χ3n) is 3.59. The van der Waals surface area contributed by atoms with E-state index in [0.717, 1.165) is 5.56 Å². The lowest BCUT2D eigenvalue weighted by molar-refractivity contribution is 0.101. The van der Waals surface area contributed by atoms with E-state index in [4.69, 9.17) is 19.5 Å². The van der Waals surface area contributed by atoms with Crippen LogP contribution in [0.1, 0.15) is 21.5 Å². The van der Waals surface area contributed by atoms with E-state index in [1.807, 2.05) is 0 Å². The fourth-order valence-corrected chi connectivity index (χ4v) is 2.94. The predicted octanol–water partition coefficient (Wildman–Crippen LogP) is 3.95. The maximum absolute atomic E-state index is 12.7. The number of methoxy groups -OCH3 is 2. The molecule has 120 valence electrons. The van der Waals surface area contributed by atoms with E-state index in [0.29, 0.717) is 32.8 Å². The number of carbonyl (C=O) groups is 1. The fourth-order valence-electron chi connectivity index (χ4n) is 2.39. The molecule has 0 saturated carbocycles. The maximum atomic E-state index is 12.7. The quantitative estimate of drug-likeness (QED) is 0.748. The molecule has 24 heavy (non-hydrogen) atoms. The van der Waals surface area contributed by atoms with Gasteiger partial charge < -0.3 is 14.2 Å². The Morgan fingerprint density at radius 1 is 1.17 bits per heavy atom. The van der Waals surface area contributed by atoms with Gasteiger partial charge in [0.25, 0.3) is 0 Å². The van der Waals surface area contributed by atoms with Crippen molar-refractivity contribution in [3.8, 4) is 23.3 Å². The topological polar surface area (TPSA) is 68.6 Å². The first kappa shape index (κ1) is 16.1. The maximum Gasteiger partial charge on any atom is 0.235 e. The van der Waals surface area contributed by atoms with Crippen LogP contribution in [0.2, 0.25) is 0 Å². The molecule has 0 saturated heterocycles. The van der Waals surface area contributed by atoms with Crippen molar-refractivity contribution in [2.45, 2.75) is 0 Å². The van der Waals surface area contributed by atoms with Crippen LogP contribution in [0.3, 0.4) is 0 Å². The van der Waals surface area contributed by atoms with Gasteiger partial charge in [0, 0.05) is 6.07 Å². The third-order valence-corrected chi connectivity index (χ3v) is 4.34. The molecule has 1 heterocycles. The summed E-state index contributed by atoms with van der Waals surface area (Å²) in [6, 6.07) is 10.5. The fraction of sp³-hybridized carbons (Fsp3) is 0.111. The van der Waals surface area contributed by atoms with Crippen LogP contribution in [0.25, 0.3) is 6.08 Å². The smallest absolute Gasteiger partial charge is 0.235 e. The Hall–Kier alpha value is -2.78. The second kappa shape index (κ2) is 6.38. The van der Waals surface area contributed by atoms with Crippen LogP contribution in [0.5, 0.6) is 17.2 Å². The summed E-state index contributed by atoms with van der Waals surface area (Å²) in [5.74, 6) is 1.18. The number of carbonyl (C=O) groups excluding carboxylic acids is 1. The Bertz CT molecular complexity index is 895. The van der Waals surface area contributed by atoms with Crippen molar-refractivity contribution in [3.63, 3.8) is 0 Å². The molecule has 1 aliphatic rings. The van der Waals surface area contributed by atoms with Gasteiger partial charge in [-0.15, -0.1) is 0 Å². The summed E-state index contributed by atoms with van der Waals surface area (Å²) < 4.78 is 16.8. The van der Waals surface area contributed by atoms with Crippen LogP contribution in [-0.4, -0.2) is 20.0 Å². The lowest BCUT2D eigenvalue weighted by Gasteiger charge is -2.10. The molecule has 1 aliphatic heterocycles. The number of halogens is 1. The average Bonchev–Trinajstić information content (AvgIpc) is 2.94. The molecule has 0 fully saturated rings. The number of hydrogen-bond acceptors (Lipinski definition) is 5. The largest absolute Gasteiger partial charge is 0.496 e. The van der Waals surface area contributed by atoms with Gasteiger partial charge in [0.15, 0.2) is 11.5 Å². The predicted molar refractivity (Wildman–Crippen MR) is 91.3 cm³/mol. The van der Waals surface area contributed by atoms with E-state index < -0.39 is 0 Å². The molecular formula is C18H12BrNO4. The van der Waals surface area contributed by atoms with Crippen LogP contribution < -0.4 is 14.2 Å². The van der Waals surface area contributed by atoms with Gasteiger partial charge in [-0.2, -0.15) is 5.26 Å². The molecule has 5 nitrogen and oxygen atoms in total. The van der Waals surface area contributed by atoms with Gasteiger partial charge >= 0.3 is 0 Å². The summed E-state index contributed by atoms with van der Waals surface area (Å²) in [4.78, 5) is 12.7. The number of ketones is 1. The van der Waals surface area contributed by atoms with Gasteiger partial charge in [0.05, 0.1) is 25.9 Å². The van der Waals surface area contributed by atoms with Crippen molar-refractivity contribution in [1.29, 1.82) is 5.26 Å². The second-order valence-electron chi connectivity index (χ2n) is 4.97. The van der Waals surface area contributed by atoms with E-state index in [1.165, 1.54) is 14.2 Å². The molecule has 0 bridgehead atoms. The van der Waals surface area contributed by atoms with E-state index in [-0.39, 0.29) is 11.5 Å². The van der Waals surface area contributed by atoms with Gasteiger partial charge in [-0.25, -0.2) is 0 Å². The summed E-state index contributed by atoms with van der Waals surface area (Å²) in [5, 5.41) is 8.84. The van der Waals surface area contributed by atoms with E-state index >= 15 is 0 Å². The second-order valence-corrected chi connectivity index (χ2v) is 5.77. The van der Waals surface area contributed by atoms with Crippen LogP contribution in [0, 0.1) is 11.3 Å². The summed E-state index contributed by atoms with van der Waals surface area (Å²) >= 11 is 3.39. The summed E-state index contributed by atoms with van der Waals surface area (Å²) in [6.45, 7) is 0. The van der Waals surface area contributed by atoms with Crippen molar-refractivity contribution >= 4 is 27.8 Å². The van der Waals surface area contributed by atoms with Crippen molar-refractivity contribution in [2.75, 3.05) is 14.2 Å². The third kappa shape index (κ3) is 2.63. The van der Waals surface area contributed by atoms with Crippen LogP contribution >= 0.6 is 15.9 Å². The molecule has 0 atom stereocenters. The number of ether oxygens (including phenoxy) is 3. The minimum absolute atomic E-state index is 0.182. The summed E-state index contributed by atoms with van der Waals surface area (Å²) in [5.41, 5.74) is 1.66. The molecule has 2 aromatic carbocycles. The van der Waals surface area contributed by atoms with Gasteiger partial charge in [0.1, 0.15) is 21.5 Å². The molecule has 0 spiro atoms. The highest BCUT2D eigenvalue weighted by molar-refractivity contribution is 9.10. The molecular weight excluding hydrogens is 374 g/mol. The summed E-state index contributed by atoms with van der Waals surface area (Å²) in [6.07, 6.45) is 1.63. The number of fused-ring (bicyclic) bond motifs is 1. The molecule has 0 aliphatic carbocycles. The number of hydrogen-bond donors (Lipinski definition) is 0. The Morgan fingerprint density at radius 2 is 1.83 bits per heavy atom. The van der Waals surface area contributed by atoms with Gasteiger partial charge in [-0.3, -0.25) is 4.79 Å². The number of allylic oxidation sites excluding steroid dienone is 1. The molecule has 0 unspecified atom stereocenters.